The van der Waals surface area contributed by atoms with Crippen LogP contribution in [0, 0.1) is 0 Å². The first kappa shape index (κ1) is 27.5. The summed E-state index contributed by atoms with van der Waals surface area (Å²) >= 11 is 0. The molecule has 4 rings (SSSR count). The number of anilines is 1. The van der Waals surface area contributed by atoms with E-state index in [0.29, 0.717) is 13.1 Å². The van der Waals surface area contributed by atoms with Gasteiger partial charge in [0.05, 0.1) is 17.8 Å². The van der Waals surface area contributed by atoms with Gasteiger partial charge in [-0.15, -0.1) is 0 Å². The van der Waals surface area contributed by atoms with Gasteiger partial charge in [-0.25, -0.2) is 4.79 Å². The van der Waals surface area contributed by atoms with Crippen LogP contribution in [0.3, 0.4) is 0 Å². The number of amides is 2. The maximum absolute atomic E-state index is 13.3. The fraction of sp³-hybridized carbons (Fsp3) is 0.233. The summed E-state index contributed by atoms with van der Waals surface area (Å²) < 4.78 is 0. The summed E-state index contributed by atoms with van der Waals surface area (Å²) in [5, 5.41) is 12.1. The van der Waals surface area contributed by atoms with E-state index in [4.69, 9.17) is 5.11 Å². The van der Waals surface area contributed by atoms with Gasteiger partial charge in [-0.1, -0.05) is 88.3 Å². The molecule has 0 saturated carbocycles. The van der Waals surface area contributed by atoms with Crippen LogP contribution in [0.5, 0.6) is 0 Å². The molecular formula is C30H30N2O4S2. The van der Waals surface area contributed by atoms with Crippen molar-refractivity contribution in [2.75, 3.05) is 17.2 Å². The lowest BCUT2D eigenvalue weighted by Crippen LogP contribution is -2.33. The fourth-order valence-corrected chi connectivity index (χ4v) is 6.39. The van der Waals surface area contributed by atoms with Gasteiger partial charge in [-0.2, -0.15) is 0 Å². The predicted molar refractivity (Wildman–Crippen MR) is 157 cm³/mol. The first-order chi connectivity index (χ1) is 18.4. The minimum Gasteiger partial charge on any atom is -0.478 e. The number of carboxylic acid groups (broad SMARTS) is 1. The number of carbonyl (C=O) groups excluding carboxylic acids is 2. The van der Waals surface area contributed by atoms with Crippen LogP contribution in [0.2, 0.25) is 0 Å². The molecule has 8 heteroatoms. The molecule has 1 aliphatic rings. The third kappa shape index (κ3) is 7.30. The van der Waals surface area contributed by atoms with Crippen LogP contribution in [-0.2, 0) is 16.1 Å². The van der Waals surface area contributed by atoms with Crippen molar-refractivity contribution in [3.8, 4) is 0 Å². The van der Waals surface area contributed by atoms with E-state index in [1.165, 1.54) is 0 Å². The molecule has 0 fully saturated rings. The molecule has 0 aliphatic carbocycles. The zero-order valence-corrected chi connectivity index (χ0v) is 22.8. The van der Waals surface area contributed by atoms with Crippen LogP contribution in [0.4, 0.5) is 5.69 Å². The Balaban J connectivity index is 1.23. The second-order valence-corrected chi connectivity index (χ2v) is 11.7. The highest BCUT2D eigenvalue weighted by Gasteiger charge is 2.21. The molecule has 0 radical (unpaired) electrons. The molecule has 2 amide bonds. The topological polar surface area (TPSA) is 86.7 Å². The van der Waals surface area contributed by atoms with Crippen molar-refractivity contribution in [1.82, 2.24) is 5.32 Å². The second-order valence-electron chi connectivity index (χ2n) is 8.91. The molecule has 0 bridgehead atoms. The van der Waals surface area contributed by atoms with Crippen LogP contribution in [-0.4, -0.2) is 35.2 Å². The highest BCUT2D eigenvalue weighted by atomic mass is 33.1. The van der Waals surface area contributed by atoms with Crippen LogP contribution in [0.1, 0.15) is 57.6 Å². The van der Waals surface area contributed by atoms with Crippen LogP contribution < -0.4 is 10.2 Å². The highest BCUT2D eigenvalue weighted by Crippen LogP contribution is 2.37. The minimum absolute atomic E-state index is 0.0784. The summed E-state index contributed by atoms with van der Waals surface area (Å²) in [7, 11) is 3.33. The molecule has 196 valence electrons. The van der Waals surface area contributed by atoms with E-state index < -0.39 is 5.97 Å². The average molecular weight is 547 g/mol. The van der Waals surface area contributed by atoms with E-state index in [1.807, 2.05) is 66.7 Å². The summed E-state index contributed by atoms with van der Waals surface area (Å²) in [6.45, 7) is 3.04. The molecule has 1 unspecified atom stereocenters. The summed E-state index contributed by atoms with van der Waals surface area (Å²) in [4.78, 5) is 38.5. The quantitative estimate of drug-likeness (QED) is 0.225. The van der Waals surface area contributed by atoms with E-state index in [9.17, 15) is 14.4 Å². The van der Waals surface area contributed by atoms with Gasteiger partial charge >= 0.3 is 5.97 Å². The smallest absolute Gasteiger partial charge is 0.335 e. The molecule has 1 atom stereocenters. The molecule has 3 aromatic carbocycles. The third-order valence-corrected chi connectivity index (χ3v) is 9.11. The monoisotopic (exact) mass is 546 g/mol. The summed E-state index contributed by atoms with van der Waals surface area (Å²) in [5.41, 5.74) is 5.30. The van der Waals surface area contributed by atoms with Crippen molar-refractivity contribution in [3.05, 3.63) is 101 Å². The molecular weight excluding hydrogens is 516 g/mol. The maximum Gasteiger partial charge on any atom is 0.335 e. The van der Waals surface area contributed by atoms with Crippen LogP contribution in [0.25, 0.3) is 12.2 Å². The highest BCUT2D eigenvalue weighted by molar-refractivity contribution is 8.76. The number of hydrogen-bond donors (Lipinski definition) is 2. The molecule has 6 nitrogen and oxygen atoms in total. The number of fused-ring (bicyclic) bond motifs is 2. The Kier molecular flexibility index (Phi) is 9.67. The van der Waals surface area contributed by atoms with Gasteiger partial charge in [-0.05, 0) is 47.4 Å². The molecule has 2 N–H and O–H groups in total. The van der Waals surface area contributed by atoms with Crippen LogP contribution in [0.15, 0.2) is 72.8 Å². The van der Waals surface area contributed by atoms with E-state index >= 15 is 0 Å². The van der Waals surface area contributed by atoms with Gasteiger partial charge in [0.15, 0.2) is 0 Å². The Morgan fingerprint density at radius 2 is 1.61 bits per heavy atom. The second kappa shape index (κ2) is 13.3. The summed E-state index contributed by atoms with van der Waals surface area (Å²) in [5.74, 6) is -0.421. The number of carboxylic acids is 1. The van der Waals surface area contributed by atoms with Gasteiger partial charge in [-0.3, -0.25) is 9.59 Å². The van der Waals surface area contributed by atoms with Crippen molar-refractivity contribution in [2.24, 2.45) is 0 Å². The number of nitrogens with one attached hydrogen (secondary N) is 1. The van der Waals surface area contributed by atoms with Crippen molar-refractivity contribution >= 4 is 57.2 Å². The number of rotatable bonds is 10. The van der Waals surface area contributed by atoms with E-state index in [0.717, 1.165) is 33.7 Å². The molecule has 0 spiro atoms. The lowest BCUT2D eigenvalue weighted by Gasteiger charge is -2.27. The van der Waals surface area contributed by atoms with Gasteiger partial charge in [0.25, 0.3) is 0 Å². The SMILES string of the molecule is CC(SSCCNC(=O)CCC(=O)N1Cc2ccccc2/C=C\c2ccccc21)c1ccc(C(=O)O)cc1. The predicted octanol–water partition coefficient (Wildman–Crippen LogP) is 6.44. The Morgan fingerprint density at radius 1 is 0.921 bits per heavy atom. The third-order valence-electron chi connectivity index (χ3n) is 6.27. The molecule has 3 aromatic rings. The minimum atomic E-state index is -0.933. The zero-order valence-electron chi connectivity index (χ0n) is 21.1. The number of benzene rings is 3. The van der Waals surface area contributed by atoms with Crippen LogP contribution >= 0.6 is 21.6 Å². The normalized spacial score (nSPS) is 13.9. The van der Waals surface area contributed by atoms with E-state index in [2.05, 4.69) is 18.3 Å². The Labute approximate surface area is 230 Å². The van der Waals surface area contributed by atoms with Gasteiger partial charge in [0, 0.05) is 30.4 Å². The molecule has 1 heterocycles. The first-order valence-electron chi connectivity index (χ1n) is 12.5. The molecule has 0 aromatic heterocycles. The number of nitrogens with zero attached hydrogens (tertiary/aromatic N) is 1. The lowest BCUT2D eigenvalue weighted by atomic mass is 10.0. The summed E-state index contributed by atoms with van der Waals surface area (Å²) in [6, 6.07) is 22.8. The van der Waals surface area contributed by atoms with Crippen molar-refractivity contribution < 1.29 is 19.5 Å². The van der Waals surface area contributed by atoms with E-state index in [-0.39, 0.29) is 35.5 Å². The molecule has 1 aliphatic heterocycles. The number of carbonyl (C=O) groups is 3. The van der Waals surface area contributed by atoms with Gasteiger partial charge in [0.2, 0.25) is 11.8 Å². The number of hydrogen-bond acceptors (Lipinski definition) is 5. The van der Waals surface area contributed by atoms with Gasteiger partial charge in [0.1, 0.15) is 0 Å². The van der Waals surface area contributed by atoms with Crippen molar-refractivity contribution in [3.63, 3.8) is 0 Å². The van der Waals surface area contributed by atoms with E-state index in [1.54, 1.807) is 38.6 Å². The Morgan fingerprint density at radius 3 is 2.37 bits per heavy atom. The first-order valence-corrected chi connectivity index (χ1v) is 14.8. The number of aromatic carboxylic acids is 1. The van der Waals surface area contributed by atoms with Crippen molar-refractivity contribution in [2.45, 2.75) is 31.6 Å². The largest absolute Gasteiger partial charge is 0.478 e. The zero-order chi connectivity index (χ0) is 26.9. The molecule has 0 saturated heterocycles. The average Bonchev–Trinajstić information content (AvgIpc) is 2.92. The van der Waals surface area contributed by atoms with Crippen molar-refractivity contribution in [1.29, 1.82) is 0 Å². The Bertz CT molecular complexity index is 1320. The fourth-order valence-electron chi connectivity index (χ4n) is 4.15. The summed E-state index contributed by atoms with van der Waals surface area (Å²) in [6.07, 6.45) is 4.38. The standard InChI is InChI=1S/C30H30N2O4S2/c1-21(22-10-14-25(15-11-22)30(35)36)38-37-19-18-31-28(33)16-17-29(34)32-20-26-8-3-2-6-23(26)12-13-24-7-4-5-9-27(24)32/h2-15,21H,16-20H2,1H3,(H,31,33)(H,35,36)/b13-12-. The van der Waals surface area contributed by atoms with Gasteiger partial charge < -0.3 is 15.3 Å². The Hall–Kier alpha value is -3.49. The maximum atomic E-state index is 13.3. The lowest BCUT2D eigenvalue weighted by molar-refractivity contribution is -0.125. The molecule has 38 heavy (non-hydrogen) atoms. The number of para-hydroxylation sites is 1.